The number of piperazine rings is 2. The molecule has 4 N–H and O–H groups in total. The molecule has 3 atom stereocenters. The highest BCUT2D eigenvalue weighted by Crippen LogP contribution is 2.44. The first-order chi connectivity index (χ1) is 43.8. The number of nitrogens with zero attached hydrogens (tertiary/aromatic N) is 5. The molecule has 0 spiro atoms. The number of nitrogens with one attached hydrogen (secondary N) is 4. The second-order valence-corrected chi connectivity index (χ2v) is 31.0. The molecule has 5 aromatic rings. The fourth-order valence-electron chi connectivity index (χ4n) is 13.7. The Bertz CT molecular complexity index is 3830. The lowest BCUT2D eigenvalue weighted by atomic mass is 9.72. The number of sulfone groups is 1. The van der Waals surface area contributed by atoms with Crippen LogP contribution in [0.3, 0.4) is 0 Å². The average Bonchev–Trinajstić information content (AvgIpc) is 0.864. The van der Waals surface area contributed by atoms with E-state index in [4.69, 9.17) is 11.6 Å². The largest absolute Gasteiger partial charge is 0.501 e. The molecular weight excluding hydrogens is 1270 g/mol. The number of imide groups is 1. The summed E-state index contributed by atoms with van der Waals surface area (Å²) in [6.45, 7) is 13.6. The van der Waals surface area contributed by atoms with Crippen LogP contribution in [0.1, 0.15) is 103 Å². The van der Waals surface area contributed by atoms with Gasteiger partial charge < -0.3 is 25.3 Å². The summed E-state index contributed by atoms with van der Waals surface area (Å²) in [6.07, 6.45) is 6.97. The number of piperidine rings is 2. The Morgan fingerprint density at radius 1 is 0.783 bits per heavy atom. The third kappa shape index (κ3) is 16.0. The van der Waals surface area contributed by atoms with Crippen LogP contribution in [0.4, 0.5) is 34.6 Å². The number of carbonyl (C=O) groups excluding carboxylic acids is 4. The summed E-state index contributed by atoms with van der Waals surface area (Å²) >= 11 is 7.70. The minimum atomic E-state index is -6.14. The molecule has 492 valence electrons. The minimum Gasteiger partial charge on any atom is -0.380 e. The van der Waals surface area contributed by atoms with Gasteiger partial charge in [0.25, 0.3) is 31.7 Å². The normalized spacial score (nSPS) is 20.9. The number of carbonyl (C=O) groups is 4. The number of hydrogen-bond donors (Lipinski definition) is 4. The lowest BCUT2D eigenvalue weighted by Gasteiger charge is -2.47. The summed E-state index contributed by atoms with van der Waals surface area (Å²) < 4.78 is 116. The monoisotopic (exact) mass is 1340 g/mol. The number of aryl methyl sites for hydroxylation is 1. The first-order valence-corrected chi connectivity index (χ1v) is 35.9. The highest BCUT2D eigenvalue weighted by molar-refractivity contribution is 7.99. The van der Waals surface area contributed by atoms with Crippen molar-refractivity contribution in [3.63, 3.8) is 0 Å². The van der Waals surface area contributed by atoms with Gasteiger partial charge in [0.05, 0.1) is 16.1 Å². The molecular formula is C67H78ClF4N9O8S3. The number of amides is 4. The SMILES string of the molecule is CC1(C)CCC(c2ccc(Cl)cc2)=C(CN2CCN3c4ccc(C(=O)NS(=O)(=O)c5ccc(N[C@H](CCN6CCC(CN7CCN(c8ccc(C(=O)NC9CCC(=O)NC9=O)c(F)c8)CC7)CC6)CSc6ccccc6)c(S(=O)(=O)C(F)(F)F)c5)cc4CCC3C2)C1. The van der Waals surface area contributed by atoms with Crippen molar-refractivity contribution in [2.45, 2.75) is 116 Å². The Balaban J connectivity index is 0.697. The van der Waals surface area contributed by atoms with E-state index in [0.29, 0.717) is 60.9 Å². The molecule has 6 aliphatic rings. The van der Waals surface area contributed by atoms with Crippen molar-refractivity contribution in [1.29, 1.82) is 0 Å². The Hall–Kier alpha value is -6.54. The lowest BCUT2D eigenvalue weighted by molar-refractivity contribution is -0.134. The number of fused-ring (bicyclic) bond motifs is 3. The van der Waals surface area contributed by atoms with Crippen LogP contribution in [0.15, 0.2) is 129 Å². The van der Waals surface area contributed by atoms with Crippen molar-refractivity contribution in [3.05, 3.63) is 148 Å². The number of thioether (sulfide) groups is 1. The van der Waals surface area contributed by atoms with E-state index in [1.165, 1.54) is 46.7 Å². The molecule has 92 heavy (non-hydrogen) atoms. The lowest BCUT2D eigenvalue weighted by Crippen LogP contribution is -2.55. The van der Waals surface area contributed by atoms with Gasteiger partial charge in [-0.25, -0.2) is 25.9 Å². The van der Waals surface area contributed by atoms with Gasteiger partial charge in [-0.2, -0.15) is 13.2 Å². The number of anilines is 3. The standard InChI is InChI=1S/C67H78ClF4N9O8S3/c1-66(2)26-22-55(45-8-12-49(68)13-9-45)48(39-66)41-79-32-35-81-52(42-79)14-10-46-36-47(11-20-60(46)81)63(83)76-92(88,89)54-16-18-58(61(38-54)91(86,87)67(70,71)72)73-50(43-90-53-6-4-3-5-7-53)25-29-77-27-23-44(24-28-77)40-78-30-33-80(34-31-78)51-15-17-56(57(69)37-51)64(84)74-59-19-21-62(82)75-65(59)85/h3-9,11-13,15-18,20,36-38,44,50,52,59,73H,10,14,19,21-35,39-43H2,1-2H3,(H,74,84)(H,76,83)(H,75,82,85)/t50-,52?,59?/m1/s1. The minimum absolute atomic E-state index is 0.0342. The van der Waals surface area contributed by atoms with E-state index >= 15 is 4.39 Å². The van der Waals surface area contributed by atoms with Crippen molar-refractivity contribution < 1.29 is 53.6 Å². The Morgan fingerprint density at radius 2 is 1.52 bits per heavy atom. The average molecular weight is 1350 g/mol. The molecule has 1 aliphatic carbocycles. The molecule has 11 rings (SSSR count). The van der Waals surface area contributed by atoms with E-state index in [2.05, 4.69) is 66.4 Å². The number of rotatable bonds is 20. The van der Waals surface area contributed by atoms with Crippen LogP contribution in [-0.4, -0.2) is 163 Å². The number of hydrogen-bond acceptors (Lipinski definition) is 15. The summed E-state index contributed by atoms with van der Waals surface area (Å²) in [4.78, 5) is 60.7. The summed E-state index contributed by atoms with van der Waals surface area (Å²) in [7, 11) is -11.1. The third-order valence-corrected chi connectivity index (χ3v) is 23.2. The van der Waals surface area contributed by atoms with E-state index in [-0.39, 0.29) is 35.4 Å². The number of allylic oxidation sites excluding steroid dienone is 1. The van der Waals surface area contributed by atoms with Gasteiger partial charge in [-0.05, 0) is 178 Å². The molecule has 17 nitrogen and oxygen atoms in total. The number of sulfonamides is 1. The van der Waals surface area contributed by atoms with Gasteiger partial charge in [-0.1, -0.05) is 61.4 Å². The maximum Gasteiger partial charge on any atom is 0.501 e. The van der Waals surface area contributed by atoms with Crippen LogP contribution >= 0.6 is 23.4 Å². The summed E-state index contributed by atoms with van der Waals surface area (Å²) in [5.41, 5.74) is 0.346. The topological polar surface area (TPSA) is 201 Å². The zero-order valence-corrected chi connectivity index (χ0v) is 54.8. The molecule has 0 aromatic heterocycles. The fourth-order valence-corrected chi connectivity index (χ4v) is 16.9. The Kier molecular flexibility index (Phi) is 20.5. The van der Waals surface area contributed by atoms with Crippen LogP contribution in [0.25, 0.3) is 5.57 Å². The molecule has 2 unspecified atom stereocenters. The van der Waals surface area contributed by atoms with Gasteiger partial charge in [0.2, 0.25) is 11.8 Å². The van der Waals surface area contributed by atoms with Gasteiger partial charge in [0.15, 0.2) is 0 Å². The van der Waals surface area contributed by atoms with Crippen LogP contribution < -0.4 is 30.5 Å². The van der Waals surface area contributed by atoms with Crippen LogP contribution in [0.5, 0.6) is 0 Å². The van der Waals surface area contributed by atoms with Crippen molar-refractivity contribution in [1.82, 2.24) is 30.1 Å². The van der Waals surface area contributed by atoms with Crippen LogP contribution in [0, 0.1) is 17.2 Å². The fraction of sp³-hybridized carbons (Fsp3) is 0.463. The Labute approximate surface area is 545 Å². The quantitative estimate of drug-likeness (QED) is 0.0326. The molecule has 0 bridgehead atoms. The third-order valence-electron chi connectivity index (χ3n) is 18.9. The van der Waals surface area contributed by atoms with Gasteiger partial charge in [0, 0.05) is 117 Å². The van der Waals surface area contributed by atoms with Gasteiger partial charge in [0.1, 0.15) is 16.8 Å². The number of halogens is 5. The summed E-state index contributed by atoms with van der Waals surface area (Å²) in [5.74, 6) is -2.79. The van der Waals surface area contributed by atoms with Crippen molar-refractivity contribution in [3.8, 4) is 0 Å². The molecule has 4 amide bonds. The molecule has 4 saturated heterocycles. The predicted molar refractivity (Wildman–Crippen MR) is 350 cm³/mol. The zero-order valence-electron chi connectivity index (χ0n) is 51.6. The maximum atomic E-state index is 15.3. The molecule has 25 heteroatoms. The van der Waals surface area contributed by atoms with Crippen LogP contribution in [0.2, 0.25) is 5.02 Å². The predicted octanol–water partition coefficient (Wildman–Crippen LogP) is 10.0. The zero-order chi connectivity index (χ0) is 65.1. The molecule has 0 radical (unpaired) electrons. The smallest absolute Gasteiger partial charge is 0.380 e. The van der Waals surface area contributed by atoms with E-state index in [1.807, 2.05) is 53.3 Å². The van der Waals surface area contributed by atoms with E-state index in [9.17, 15) is 49.2 Å². The molecule has 4 fully saturated rings. The first kappa shape index (κ1) is 66.9. The Morgan fingerprint density at radius 3 is 2.24 bits per heavy atom. The number of alkyl halides is 3. The number of benzene rings is 5. The highest BCUT2D eigenvalue weighted by Gasteiger charge is 2.49. The van der Waals surface area contributed by atoms with Gasteiger partial charge in [-0.15, -0.1) is 11.8 Å². The molecule has 0 saturated carbocycles. The van der Waals surface area contributed by atoms with Crippen molar-refractivity contribution in [2.24, 2.45) is 11.3 Å². The van der Waals surface area contributed by atoms with Crippen molar-refractivity contribution >= 4 is 89.5 Å². The second-order valence-electron chi connectivity index (χ2n) is 25.9. The molecule has 5 heterocycles. The molecule has 5 aromatic carbocycles. The first-order valence-electron chi connectivity index (χ1n) is 31.5. The van der Waals surface area contributed by atoms with E-state index in [0.717, 1.165) is 126 Å². The van der Waals surface area contributed by atoms with Crippen molar-refractivity contribution in [2.75, 3.05) is 99.4 Å². The highest BCUT2D eigenvalue weighted by atomic mass is 35.5. The summed E-state index contributed by atoms with van der Waals surface area (Å²) in [5, 5.41) is 8.48. The summed E-state index contributed by atoms with van der Waals surface area (Å²) in [6, 6.07) is 28.1. The van der Waals surface area contributed by atoms with Gasteiger partial charge >= 0.3 is 5.51 Å². The second kappa shape index (κ2) is 28.2. The number of likely N-dealkylation sites (tertiary alicyclic amines) is 1. The van der Waals surface area contributed by atoms with E-state index in [1.54, 1.807) is 12.1 Å². The van der Waals surface area contributed by atoms with Crippen LogP contribution in [-0.2, 0) is 35.9 Å². The van der Waals surface area contributed by atoms with Gasteiger partial charge in [-0.3, -0.25) is 34.3 Å². The van der Waals surface area contributed by atoms with E-state index < -0.39 is 82.4 Å². The molecule has 5 aliphatic heterocycles. The maximum absolute atomic E-state index is 15.3.